The lowest BCUT2D eigenvalue weighted by molar-refractivity contribution is 0.290. The van der Waals surface area contributed by atoms with Crippen LogP contribution in [0.25, 0.3) is 0 Å². The molecule has 1 aliphatic rings. The smallest absolute Gasteiger partial charge is 0.0310 e. The fourth-order valence-corrected chi connectivity index (χ4v) is 2.26. The van der Waals surface area contributed by atoms with Crippen LogP contribution in [0.2, 0.25) is 0 Å². The second kappa shape index (κ2) is 3.90. The van der Waals surface area contributed by atoms with Gasteiger partial charge in [0.25, 0.3) is 0 Å². The summed E-state index contributed by atoms with van der Waals surface area (Å²) < 4.78 is 0. The fourth-order valence-electron chi connectivity index (χ4n) is 1.69. The van der Waals surface area contributed by atoms with E-state index in [1.807, 2.05) is 0 Å². The molecule has 0 spiro atoms. The van der Waals surface area contributed by atoms with Gasteiger partial charge in [-0.1, -0.05) is 36.7 Å². The summed E-state index contributed by atoms with van der Waals surface area (Å²) in [5.74, 6) is 1.63. The zero-order valence-corrected chi connectivity index (χ0v) is 9.26. The number of halogens is 1. The number of hydrogen-bond acceptors (Lipinski definition) is 1. The monoisotopic (exact) mass is 219 g/mol. The molecule has 1 aliphatic heterocycles. The van der Waals surface area contributed by atoms with E-state index in [0.29, 0.717) is 0 Å². The van der Waals surface area contributed by atoms with E-state index < -0.39 is 0 Å². The van der Waals surface area contributed by atoms with Gasteiger partial charge in [0.2, 0.25) is 0 Å². The van der Waals surface area contributed by atoms with E-state index in [-0.39, 0.29) is 0 Å². The first-order chi connectivity index (χ1) is 5.09. The van der Waals surface area contributed by atoms with E-state index in [4.69, 9.17) is 0 Å². The van der Waals surface area contributed by atoms with E-state index >= 15 is 0 Å². The van der Waals surface area contributed by atoms with Crippen molar-refractivity contribution in [1.29, 1.82) is 0 Å². The molecular weight excluding hydrogens is 202 g/mol. The van der Waals surface area contributed by atoms with E-state index in [1.165, 1.54) is 19.6 Å². The topological polar surface area (TPSA) is 3.24 Å². The van der Waals surface area contributed by atoms with Crippen LogP contribution in [0.4, 0.5) is 0 Å². The normalized spacial score (nSPS) is 33.5. The molecule has 0 amide bonds. The molecular formula is C9H18BrN. The lowest BCUT2D eigenvalue weighted by Gasteiger charge is -2.17. The molecule has 1 heterocycles. The van der Waals surface area contributed by atoms with Crippen LogP contribution in [-0.4, -0.2) is 29.4 Å². The molecule has 2 heteroatoms. The molecule has 66 valence electrons. The predicted molar refractivity (Wildman–Crippen MR) is 53.2 cm³/mol. The standard InChI is InChI=1S/C9H18BrN/c1-7(2)4-11-5-8(3)9(10)6-11/h7-9H,4-6H2,1-3H3. The maximum Gasteiger partial charge on any atom is 0.0310 e. The van der Waals surface area contributed by atoms with Crippen LogP contribution in [0.5, 0.6) is 0 Å². The van der Waals surface area contributed by atoms with Crippen molar-refractivity contribution in [3.05, 3.63) is 0 Å². The van der Waals surface area contributed by atoms with E-state index in [1.54, 1.807) is 0 Å². The van der Waals surface area contributed by atoms with Crippen molar-refractivity contribution in [3.63, 3.8) is 0 Å². The van der Waals surface area contributed by atoms with Gasteiger partial charge in [-0.15, -0.1) is 0 Å². The summed E-state index contributed by atoms with van der Waals surface area (Å²) in [5.41, 5.74) is 0. The third-order valence-electron chi connectivity index (χ3n) is 2.22. The lowest BCUT2D eigenvalue weighted by Crippen LogP contribution is -2.25. The SMILES string of the molecule is CC(C)CN1CC(C)C(Br)C1. The fraction of sp³-hybridized carbons (Fsp3) is 1.00. The molecule has 1 saturated heterocycles. The van der Waals surface area contributed by atoms with Crippen molar-refractivity contribution >= 4 is 15.9 Å². The molecule has 1 nitrogen and oxygen atoms in total. The van der Waals surface area contributed by atoms with Gasteiger partial charge in [0, 0.05) is 24.5 Å². The Balaban J connectivity index is 2.29. The Kier molecular flexibility index (Phi) is 3.38. The summed E-state index contributed by atoms with van der Waals surface area (Å²) in [6.07, 6.45) is 0. The average Bonchev–Trinajstić information content (AvgIpc) is 2.10. The van der Waals surface area contributed by atoms with Crippen LogP contribution in [0.3, 0.4) is 0 Å². The Morgan fingerprint density at radius 2 is 2.09 bits per heavy atom. The molecule has 0 saturated carbocycles. The molecule has 0 N–H and O–H groups in total. The van der Waals surface area contributed by atoms with E-state index in [2.05, 4.69) is 41.6 Å². The van der Waals surface area contributed by atoms with E-state index in [9.17, 15) is 0 Å². The molecule has 2 unspecified atom stereocenters. The van der Waals surface area contributed by atoms with Crippen molar-refractivity contribution in [3.8, 4) is 0 Å². The summed E-state index contributed by atoms with van der Waals surface area (Å²) in [6.45, 7) is 10.7. The zero-order valence-electron chi connectivity index (χ0n) is 7.68. The minimum absolute atomic E-state index is 0.723. The highest BCUT2D eigenvalue weighted by atomic mass is 79.9. The third kappa shape index (κ3) is 2.75. The van der Waals surface area contributed by atoms with Crippen LogP contribution in [-0.2, 0) is 0 Å². The molecule has 0 bridgehead atoms. The van der Waals surface area contributed by atoms with Gasteiger partial charge in [-0.2, -0.15) is 0 Å². The highest BCUT2D eigenvalue weighted by Gasteiger charge is 2.27. The summed E-state index contributed by atoms with van der Waals surface area (Å²) in [7, 11) is 0. The minimum atomic E-state index is 0.723. The molecule has 0 radical (unpaired) electrons. The van der Waals surface area contributed by atoms with Crippen molar-refractivity contribution < 1.29 is 0 Å². The predicted octanol–water partition coefficient (Wildman–Crippen LogP) is 2.36. The molecule has 0 aliphatic carbocycles. The number of hydrogen-bond donors (Lipinski definition) is 0. The van der Waals surface area contributed by atoms with Crippen LogP contribution in [0, 0.1) is 11.8 Å². The molecule has 0 aromatic rings. The van der Waals surface area contributed by atoms with Gasteiger partial charge in [-0.25, -0.2) is 0 Å². The molecule has 1 fully saturated rings. The van der Waals surface area contributed by atoms with Gasteiger partial charge in [0.15, 0.2) is 0 Å². The molecule has 1 rings (SSSR count). The van der Waals surface area contributed by atoms with Crippen LogP contribution in [0.1, 0.15) is 20.8 Å². The van der Waals surface area contributed by atoms with Gasteiger partial charge in [-0.3, -0.25) is 0 Å². The van der Waals surface area contributed by atoms with Crippen molar-refractivity contribution in [2.45, 2.75) is 25.6 Å². The Morgan fingerprint density at radius 1 is 1.45 bits per heavy atom. The average molecular weight is 220 g/mol. The second-order valence-corrected chi connectivity index (χ2v) is 5.28. The van der Waals surface area contributed by atoms with Crippen molar-refractivity contribution in [2.75, 3.05) is 19.6 Å². The highest BCUT2D eigenvalue weighted by Crippen LogP contribution is 2.23. The van der Waals surface area contributed by atoms with Gasteiger partial charge >= 0.3 is 0 Å². The first-order valence-corrected chi connectivity index (χ1v) is 5.37. The highest BCUT2D eigenvalue weighted by molar-refractivity contribution is 9.09. The largest absolute Gasteiger partial charge is 0.302 e. The number of likely N-dealkylation sites (tertiary alicyclic amines) is 1. The van der Waals surface area contributed by atoms with Crippen LogP contribution in [0.15, 0.2) is 0 Å². The van der Waals surface area contributed by atoms with Crippen LogP contribution < -0.4 is 0 Å². The third-order valence-corrected chi connectivity index (χ3v) is 3.41. The molecule has 0 aromatic heterocycles. The minimum Gasteiger partial charge on any atom is -0.302 e. The van der Waals surface area contributed by atoms with E-state index in [0.717, 1.165) is 16.7 Å². The Labute approximate surface area is 78.3 Å². The first-order valence-electron chi connectivity index (χ1n) is 4.46. The molecule has 11 heavy (non-hydrogen) atoms. The summed E-state index contributed by atoms with van der Waals surface area (Å²) in [4.78, 5) is 3.27. The Hall–Kier alpha value is 0.440. The van der Waals surface area contributed by atoms with Gasteiger partial charge in [-0.05, 0) is 11.8 Å². The molecule has 2 atom stereocenters. The van der Waals surface area contributed by atoms with Gasteiger partial charge in [0.1, 0.15) is 0 Å². The number of nitrogens with zero attached hydrogens (tertiary/aromatic N) is 1. The van der Waals surface area contributed by atoms with Gasteiger partial charge in [0.05, 0.1) is 0 Å². The summed E-state index contributed by atoms with van der Waals surface area (Å²) in [5, 5.41) is 0. The second-order valence-electron chi connectivity index (χ2n) is 4.11. The lowest BCUT2D eigenvalue weighted by atomic mass is 10.2. The summed E-state index contributed by atoms with van der Waals surface area (Å²) >= 11 is 3.69. The zero-order chi connectivity index (χ0) is 8.43. The van der Waals surface area contributed by atoms with Gasteiger partial charge < -0.3 is 4.90 Å². The number of alkyl halides is 1. The Morgan fingerprint density at radius 3 is 2.45 bits per heavy atom. The van der Waals surface area contributed by atoms with Crippen molar-refractivity contribution in [2.24, 2.45) is 11.8 Å². The quantitative estimate of drug-likeness (QED) is 0.646. The maximum atomic E-state index is 3.69. The first kappa shape index (κ1) is 9.53. The Bertz CT molecular complexity index is 112. The van der Waals surface area contributed by atoms with Crippen LogP contribution >= 0.6 is 15.9 Å². The molecule has 0 aromatic carbocycles. The maximum absolute atomic E-state index is 3.69. The number of rotatable bonds is 2. The van der Waals surface area contributed by atoms with Crippen molar-refractivity contribution in [1.82, 2.24) is 4.90 Å². The summed E-state index contributed by atoms with van der Waals surface area (Å²) in [6, 6.07) is 0.